The van der Waals surface area contributed by atoms with Crippen LogP contribution in [0.4, 0.5) is 0 Å². The first kappa shape index (κ1) is 13.0. The van der Waals surface area contributed by atoms with Gasteiger partial charge in [0, 0.05) is 11.5 Å². The van der Waals surface area contributed by atoms with Gasteiger partial charge >= 0.3 is 5.97 Å². The van der Waals surface area contributed by atoms with Gasteiger partial charge in [0.25, 0.3) is 0 Å². The molecular weight excluding hydrogens is 244 g/mol. The highest BCUT2D eigenvalue weighted by molar-refractivity contribution is 5.89. The summed E-state index contributed by atoms with van der Waals surface area (Å²) < 4.78 is 10.4. The van der Waals surface area contributed by atoms with E-state index in [4.69, 9.17) is 9.47 Å². The van der Waals surface area contributed by atoms with Crippen molar-refractivity contribution in [3.05, 3.63) is 49.1 Å². The van der Waals surface area contributed by atoms with E-state index in [1.807, 2.05) is 18.2 Å². The maximum Gasteiger partial charge on any atom is 0.330 e. The Morgan fingerprint density at radius 2 is 2.11 bits per heavy atom. The molecule has 0 aliphatic rings. The summed E-state index contributed by atoms with van der Waals surface area (Å²) >= 11 is 0. The Morgan fingerprint density at radius 1 is 1.26 bits per heavy atom. The Balaban J connectivity index is 2.04. The number of hydrogen-bond donors (Lipinski definition) is 1. The second-order valence-corrected chi connectivity index (χ2v) is 3.88. The Morgan fingerprint density at radius 3 is 2.89 bits per heavy atom. The zero-order valence-electron chi connectivity index (χ0n) is 10.3. The summed E-state index contributed by atoms with van der Waals surface area (Å²) in [4.78, 5) is 10.8. The highest BCUT2D eigenvalue weighted by atomic mass is 16.6. The molecule has 2 rings (SSSR count). The van der Waals surface area contributed by atoms with Crippen LogP contribution in [0.1, 0.15) is 0 Å². The predicted octanol–water partition coefficient (Wildman–Crippen LogP) is 2.65. The molecule has 0 saturated carbocycles. The number of carbonyl (C=O) groups is 1. The molecule has 98 valence electrons. The molecule has 0 heterocycles. The molecule has 0 aromatic heterocycles. The third-order valence-electron chi connectivity index (χ3n) is 2.58. The van der Waals surface area contributed by atoms with Gasteiger partial charge in [0.1, 0.15) is 24.7 Å². The number of esters is 1. The Kier molecular flexibility index (Phi) is 4.03. The van der Waals surface area contributed by atoms with Gasteiger partial charge in [-0.05, 0) is 29.7 Å². The first-order valence-electron chi connectivity index (χ1n) is 5.84. The molecule has 0 aliphatic heterocycles. The largest absolute Gasteiger partial charge is 0.508 e. The quantitative estimate of drug-likeness (QED) is 0.509. The van der Waals surface area contributed by atoms with Gasteiger partial charge in [0.2, 0.25) is 0 Å². The molecule has 4 nitrogen and oxygen atoms in total. The molecule has 0 unspecified atom stereocenters. The van der Waals surface area contributed by atoms with Gasteiger partial charge in [0.05, 0.1) is 0 Å². The average Bonchev–Trinajstić information content (AvgIpc) is 2.42. The van der Waals surface area contributed by atoms with E-state index in [2.05, 4.69) is 6.58 Å². The molecule has 19 heavy (non-hydrogen) atoms. The van der Waals surface area contributed by atoms with Crippen molar-refractivity contribution in [2.24, 2.45) is 0 Å². The number of phenols is 1. The van der Waals surface area contributed by atoms with E-state index in [0.717, 1.165) is 16.8 Å². The number of aromatic hydroxyl groups is 1. The molecule has 0 atom stereocenters. The van der Waals surface area contributed by atoms with Gasteiger partial charge in [-0.2, -0.15) is 0 Å². The van der Waals surface area contributed by atoms with Crippen molar-refractivity contribution < 1.29 is 19.4 Å². The number of phenolic OH excluding ortho intramolecular Hbond substituents is 1. The van der Waals surface area contributed by atoms with E-state index in [9.17, 15) is 9.90 Å². The lowest BCUT2D eigenvalue weighted by atomic mass is 10.1. The van der Waals surface area contributed by atoms with Crippen LogP contribution in [0.25, 0.3) is 10.8 Å². The molecule has 2 aromatic carbocycles. The zero-order valence-corrected chi connectivity index (χ0v) is 10.3. The fourth-order valence-electron chi connectivity index (χ4n) is 1.72. The third-order valence-corrected chi connectivity index (χ3v) is 2.58. The van der Waals surface area contributed by atoms with E-state index < -0.39 is 5.97 Å². The number of ether oxygens (including phenoxy) is 2. The minimum atomic E-state index is -0.466. The van der Waals surface area contributed by atoms with Crippen molar-refractivity contribution in [2.75, 3.05) is 13.2 Å². The van der Waals surface area contributed by atoms with Crippen LogP contribution in [0, 0.1) is 0 Å². The van der Waals surface area contributed by atoms with Gasteiger partial charge in [0.15, 0.2) is 0 Å². The molecule has 4 heteroatoms. The lowest BCUT2D eigenvalue weighted by Crippen LogP contribution is -2.10. The molecule has 0 spiro atoms. The standard InChI is InChI=1S/C15H14O4/c1-2-15(17)19-9-8-18-14-5-3-4-11-10-12(16)6-7-13(11)14/h2-7,10,16H,1,8-9H2. The smallest absolute Gasteiger partial charge is 0.330 e. The normalized spacial score (nSPS) is 10.1. The van der Waals surface area contributed by atoms with Crippen molar-refractivity contribution in [1.29, 1.82) is 0 Å². The van der Waals surface area contributed by atoms with Crippen LogP contribution in [-0.2, 0) is 9.53 Å². The van der Waals surface area contributed by atoms with Gasteiger partial charge in [-0.25, -0.2) is 4.79 Å². The summed E-state index contributed by atoms with van der Waals surface area (Å²) in [5, 5.41) is 11.2. The molecule has 0 radical (unpaired) electrons. The van der Waals surface area contributed by atoms with Crippen LogP contribution in [0.2, 0.25) is 0 Å². The minimum absolute atomic E-state index is 0.166. The summed E-state index contributed by atoms with van der Waals surface area (Å²) in [5.74, 6) is 0.433. The van der Waals surface area contributed by atoms with E-state index in [1.165, 1.54) is 0 Å². The molecule has 0 amide bonds. The predicted molar refractivity (Wildman–Crippen MR) is 72.3 cm³/mol. The molecule has 2 aromatic rings. The van der Waals surface area contributed by atoms with Gasteiger partial charge in [-0.1, -0.05) is 18.7 Å². The second-order valence-electron chi connectivity index (χ2n) is 3.88. The lowest BCUT2D eigenvalue weighted by molar-refractivity contribution is -0.138. The van der Waals surface area contributed by atoms with E-state index in [1.54, 1.807) is 18.2 Å². The average molecular weight is 258 g/mol. The van der Waals surface area contributed by atoms with Gasteiger partial charge in [-0.3, -0.25) is 0 Å². The van der Waals surface area contributed by atoms with Gasteiger partial charge < -0.3 is 14.6 Å². The first-order valence-corrected chi connectivity index (χ1v) is 5.84. The van der Waals surface area contributed by atoms with Crippen LogP contribution < -0.4 is 4.74 Å². The molecule has 0 fully saturated rings. The van der Waals surface area contributed by atoms with Crippen molar-refractivity contribution in [1.82, 2.24) is 0 Å². The summed E-state index contributed by atoms with van der Waals surface area (Å²) in [6.07, 6.45) is 1.11. The fourth-order valence-corrected chi connectivity index (χ4v) is 1.72. The molecule has 0 aliphatic carbocycles. The van der Waals surface area contributed by atoms with Crippen LogP contribution in [0.3, 0.4) is 0 Å². The maximum atomic E-state index is 10.8. The van der Waals surface area contributed by atoms with Crippen molar-refractivity contribution >= 4 is 16.7 Å². The third kappa shape index (κ3) is 3.25. The van der Waals surface area contributed by atoms with Crippen molar-refractivity contribution in [3.63, 3.8) is 0 Å². The molecular formula is C15H14O4. The van der Waals surface area contributed by atoms with Crippen LogP contribution in [0.15, 0.2) is 49.1 Å². The van der Waals surface area contributed by atoms with Crippen LogP contribution in [-0.4, -0.2) is 24.3 Å². The van der Waals surface area contributed by atoms with Crippen LogP contribution >= 0.6 is 0 Å². The second kappa shape index (κ2) is 5.91. The van der Waals surface area contributed by atoms with Crippen molar-refractivity contribution in [3.8, 4) is 11.5 Å². The Hall–Kier alpha value is -2.49. The fraction of sp³-hybridized carbons (Fsp3) is 0.133. The maximum absolute atomic E-state index is 10.8. The van der Waals surface area contributed by atoms with Gasteiger partial charge in [-0.15, -0.1) is 0 Å². The SMILES string of the molecule is C=CC(=O)OCCOc1cccc2cc(O)ccc12. The van der Waals surface area contributed by atoms with E-state index in [0.29, 0.717) is 5.75 Å². The number of carbonyl (C=O) groups excluding carboxylic acids is 1. The topological polar surface area (TPSA) is 55.8 Å². The summed E-state index contributed by atoms with van der Waals surface area (Å²) in [5.41, 5.74) is 0. The molecule has 0 bridgehead atoms. The van der Waals surface area contributed by atoms with E-state index >= 15 is 0 Å². The molecule has 1 N–H and O–H groups in total. The Labute approximate surface area is 110 Å². The minimum Gasteiger partial charge on any atom is -0.508 e. The lowest BCUT2D eigenvalue weighted by Gasteiger charge is -2.09. The molecule has 0 saturated heterocycles. The number of hydrogen-bond acceptors (Lipinski definition) is 4. The monoisotopic (exact) mass is 258 g/mol. The van der Waals surface area contributed by atoms with Crippen LogP contribution in [0.5, 0.6) is 11.5 Å². The van der Waals surface area contributed by atoms with E-state index in [-0.39, 0.29) is 19.0 Å². The summed E-state index contributed by atoms with van der Waals surface area (Å²) in [7, 11) is 0. The first-order chi connectivity index (χ1) is 9.20. The highest BCUT2D eigenvalue weighted by Gasteiger charge is 2.03. The number of fused-ring (bicyclic) bond motifs is 1. The highest BCUT2D eigenvalue weighted by Crippen LogP contribution is 2.28. The van der Waals surface area contributed by atoms with Crippen molar-refractivity contribution in [2.45, 2.75) is 0 Å². The number of rotatable bonds is 5. The Bertz CT molecular complexity index is 604. The summed E-state index contributed by atoms with van der Waals surface area (Å²) in [6.45, 7) is 3.74. The summed E-state index contributed by atoms with van der Waals surface area (Å²) in [6, 6.07) is 10.6. The number of benzene rings is 2. The zero-order chi connectivity index (χ0) is 13.7.